The molecule has 0 bridgehead atoms. The normalized spacial score (nSPS) is 11.3. The van der Waals surface area contributed by atoms with Crippen molar-refractivity contribution in [3.8, 4) is 17.4 Å². The van der Waals surface area contributed by atoms with E-state index in [0.29, 0.717) is 23.1 Å². The molecule has 0 saturated carbocycles. The molecule has 128 valence electrons. The first-order valence-corrected chi connectivity index (χ1v) is 7.37. The number of urea groups is 1. The van der Waals surface area contributed by atoms with Gasteiger partial charge in [-0.1, -0.05) is 6.07 Å². The molecule has 7 heteroatoms. The third-order valence-electron chi connectivity index (χ3n) is 3.47. The standard InChI is InChI=1S/C17H21N3O4/c1-11(12-7-8-14(22-2)15(10-12)23-3)19-17(21)20-13-6-5-9-18-16(13)24-4/h5-11H,1-4H3,(H2,19,20,21). The number of amides is 2. The minimum absolute atomic E-state index is 0.229. The van der Waals surface area contributed by atoms with E-state index in [1.54, 1.807) is 38.6 Å². The largest absolute Gasteiger partial charge is 0.493 e. The Morgan fingerprint density at radius 2 is 1.83 bits per heavy atom. The van der Waals surface area contributed by atoms with Crippen molar-refractivity contribution in [1.29, 1.82) is 0 Å². The van der Waals surface area contributed by atoms with Crippen molar-refractivity contribution in [2.45, 2.75) is 13.0 Å². The number of anilines is 1. The molecule has 2 rings (SSSR count). The molecule has 1 heterocycles. The Bertz CT molecular complexity index is 706. The predicted molar refractivity (Wildman–Crippen MR) is 90.9 cm³/mol. The maximum absolute atomic E-state index is 12.2. The van der Waals surface area contributed by atoms with Gasteiger partial charge in [-0.2, -0.15) is 0 Å². The van der Waals surface area contributed by atoms with Crippen LogP contribution >= 0.6 is 0 Å². The van der Waals surface area contributed by atoms with Crippen LogP contribution in [0.5, 0.6) is 17.4 Å². The van der Waals surface area contributed by atoms with Crippen molar-refractivity contribution in [1.82, 2.24) is 10.3 Å². The Morgan fingerprint density at radius 1 is 1.08 bits per heavy atom. The van der Waals surface area contributed by atoms with Crippen molar-refractivity contribution in [3.05, 3.63) is 42.1 Å². The van der Waals surface area contributed by atoms with E-state index in [-0.39, 0.29) is 12.1 Å². The first kappa shape index (κ1) is 17.4. The number of nitrogens with zero attached hydrogens (tertiary/aromatic N) is 1. The van der Waals surface area contributed by atoms with Crippen LogP contribution in [0.15, 0.2) is 36.5 Å². The number of hydrogen-bond acceptors (Lipinski definition) is 5. The van der Waals surface area contributed by atoms with E-state index in [1.165, 1.54) is 7.11 Å². The van der Waals surface area contributed by atoms with Gasteiger partial charge in [-0.25, -0.2) is 9.78 Å². The molecule has 1 unspecified atom stereocenters. The Morgan fingerprint density at radius 3 is 2.50 bits per heavy atom. The fourth-order valence-corrected chi connectivity index (χ4v) is 2.21. The first-order valence-electron chi connectivity index (χ1n) is 7.37. The fraction of sp³-hybridized carbons (Fsp3) is 0.294. The number of benzene rings is 1. The summed E-state index contributed by atoms with van der Waals surface area (Å²) in [6.45, 7) is 1.88. The summed E-state index contributed by atoms with van der Waals surface area (Å²) in [5, 5.41) is 5.57. The second-order valence-electron chi connectivity index (χ2n) is 4.99. The summed E-state index contributed by atoms with van der Waals surface area (Å²) >= 11 is 0. The molecular weight excluding hydrogens is 310 g/mol. The first-order chi connectivity index (χ1) is 11.6. The van der Waals surface area contributed by atoms with Crippen LogP contribution in [-0.4, -0.2) is 32.3 Å². The number of carbonyl (C=O) groups excluding carboxylic acids is 1. The van der Waals surface area contributed by atoms with E-state index in [1.807, 2.05) is 19.1 Å². The van der Waals surface area contributed by atoms with Gasteiger partial charge in [-0.3, -0.25) is 0 Å². The number of carbonyl (C=O) groups is 1. The van der Waals surface area contributed by atoms with E-state index in [9.17, 15) is 4.79 Å². The molecule has 0 aliphatic carbocycles. The quantitative estimate of drug-likeness (QED) is 0.850. The van der Waals surface area contributed by atoms with Gasteiger partial charge in [0.2, 0.25) is 5.88 Å². The molecule has 7 nitrogen and oxygen atoms in total. The Hall–Kier alpha value is -2.96. The van der Waals surface area contributed by atoms with Gasteiger partial charge in [0.25, 0.3) is 0 Å². The molecule has 1 atom stereocenters. The predicted octanol–water partition coefficient (Wildman–Crippen LogP) is 2.99. The van der Waals surface area contributed by atoms with Gasteiger partial charge in [0, 0.05) is 6.20 Å². The van der Waals surface area contributed by atoms with E-state index in [4.69, 9.17) is 14.2 Å². The summed E-state index contributed by atoms with van der Waals surface area (Å²) in [5.41, 5.74) is 1.39. The number of pyridine rings is 1. The molecule has 0 saturated heterocycles. The van der Waals surface area contributed by atoms with Crippen molar-refractivity contribution < 1.29 is 19.0 Å². The van der Waals surface area contributed by atoms with Crippen LogP contribution in [0, 0.1) is 0 Å². The van der Waals surface area contributed by atoms with Crippen LogP contribution in [0.1, 0.15) is 18.5 Å². The van der Waals surface area contributed by atoms with E-state index >= 15 is 0 Å². The number of methoxy groups -OCH3 is 3. The van der Waals surface area contributed by atoms with Gasteiger partial charge in [0.05, 0.1) is 27.4 Å². The molecular formula is C17H21N3O4. The van der Waals surface area contributed by atoms with E-state index < -0.39 is 0 Å². The van der Waals surface area contributed by atoms with Crippen molar-refractivity contribution in [3.63, 3.8) is 0 Å². The van der Waals surface area contributed by atoms with Gasteiger partial charge in [0.15, 0.2) is 11.5 Å². The highest BCUT2D eigenvalue weighted by atomic mass is 16.5. The molecule has 2 N–H and O–H groups in total. The highest BCUT2D eigenvalue weighted by Crippen LogP contribution is 2.30. The smallest absolute Gasteiger partial charge is 0.319 e. The summed E-state index contributed by atoms with van der Waals surface area (Å²) in [6, 6.07) is 8.35. The van der Waals surface area contributed by atoms with Crippen LogP contribution in [0.25, 0.3) is 0 Å². The maximum Gasteiger partial charge on any atom is 0.319 e. The summed E-state index contributed by atoms with van der Waals surface area (Å²) < 4.78 is 15.6. The minimum Gasteiger partial charge on any atom is -0.493 e. The molecule has 2 amide bonds. The number of nitrogens with one attached hydrogen (secondary N) is 2. The third-order valence-corrected chi connectivity index (χ3v) is 3.47. The van der Waals surface area contributed by atoms with Gasteiger partial charge in [0.1, 0.15) is 5.69 Å². The zero-order valence-corrected chi connectivity index (χ0v) is 14.1. The van der Waals surface area contributed by atoms with E-state index in [0.717, 1.165) is 5.56 Å². The molecule has 0 aliphatic rings. The third kappa shape index (κ3) is 4.07. The SMILES string of the molecule is COc1ccc(C(C)NC(=O)Nc2cccnc2OC)cc1OC. The molecule has 2 aromatic rings. The van der Waals surface area contributed by atoms with Crippen molar-refractivity contribution in [2.75, 3.05) is 26.6 Å². The number of rotatable bonds is 6. The molecule has 0 spiro atoms. The number of aromatic nitrogens is 1. The van der Waals surface area contributed by atoms with Crippen LogP contribution in [0.3, 0.4) is 0 Å². The van der Waals surface area contributed by atoms with Gasteiger partial charge >= 0.3 is 6.03 Å². The molecule has 24 heavy (non-hydrogen) atoms. The Labute approximate surface area is 140 Å². The van der Waals surface area contributed by atoms with Gasteiger partial charge < -0.3 is 24.8 Å². The lowest BCUT2D eigenvalue weighted by molar-refractivity contribution is 0.249. The summed E-state index contributed by atoms with van der Waals surface area (Å²) in [4.78, 5) is 16.2. The van der Waals surface area contributed by atoms with Crippen LogP contribution < -0.4 is 24.8 Å². The van der Waals surface area contributed by atoms with Crippen LogP contribution in [0.4, 0.5) is 10.5 Å². The lowest BCUT2D eigenvalue weighted by Crippen LogP contribution is -2.31. The summed E-state index contributed by atoms with van der Waals surface area (Å²) in [5.74, 6) is 1.60. The van der Waals surface area contributed by atoms with Crippen molar-refractivity contribution >= 4 is 11.7 Å². The average molecular weight is 331 g/mol. The molecule has 0 radical (unpaired) electrons. The second kappa shape index (κ2) is 8.05. The molecule has 0 fully saturated rings. The zero-order chi connectivity index (χ0) is 17.5. The number of hydrogen-bond donors (Lipinski definition) is 2. The highest BCUT2D eigenvalue weighted by Gasteiger charge is 2.14. The fourth-order valence-electron chi connectivity index (χ4n) is 2.21. The molecule has 1 aromatic heterocycles. The maximum atomic E-state index is 12.2. The summed E-state index contributed by atoms with van der Waals surface area (Å²) in [7, 11) is 4.65. The molecule has 0 aliphatic heterocycles. The minimum atomic E-state index is -0.358. The van der Waals surface area contributed by atoms with E-state index in [2.05, 4.69) is 15.6 Å². The second-order valence-corrected chi connectivity index (χ2v) is 4.99. The summed E-state index contributed by atoms with van der Waals surface area (Å²) in [6.07, 6.45) is 1.59. The monoisotopic (exact) mass is 331 g/mol. The van der Waals surface area contributed by atoms with Crippen LogP contribution in [-0.2, 0) is 0 Å². The topological polar surface area (TPSA) is 81.7 Å². The van der Waals surface area contributed by atoms with Gasteiger partial charge in [-0.05, 0) is 36.8 Å². The van der Waals surface area contributed by atoms with Gasteiger partial charge in [-0.15, -0.1) is 0 Å². The molecule has 1 aromatic carbocycles. The Kier molecular flexibility index (Phi) is 5.83. The highest BCUT2D eigenvalue weighted by molar-refractivity contribution is 5.90. The Balaban J connectivity index is 2.06. The lowest BCUT2D eigenvalue weighted by Gasteiger charge is -2.17. The van der Waals surface area contributed by atoms with Crippen LogP contribution in [0.2, 0.25) is 0 Å². The van der Waals surface area contributed by atoms with Crippen molar-refractivity contribution in [2.24, 2.45) is 0 Å². The zero-order valence-electron chi connectivity index (χ0n) is 14.1. The number of ether oxygens (including phenoxy) is 3. The lowest BCUT2D eigenvalue weighted by atomic mass is 10.1. The average Bonchev–Trinajstić information content (AvgIpc) is 2.61.